The number of amides is 1. The first-order valence-corrected chi connectivity index (χ1v) is 7.28. The van der Waals surface area contributed by atoms with Crippen molar-refractivity contribution in [1.29, 1.82) is 0 Å². The number of rotatable bonds is 3. The summed E-state index contributed by atoms with van der Waals surface area (Å²) in [4.78, 5) is 15.7. The van der Waals surface area contributed by atoms with Gasteiger partial charge in [-0.15, -0.1) is 0 Å². The summed E-state index contributed by atoms with van der Waals surface area (Å²) in [5, 5.41) is 2.20. The summed E-state index contributed by atoms with van der Waals surface area (Å²) >= 11 is 2.78. The smallest absolute Gasteiger partial charge is 0.234 e. The van der Waals surface area contributed by atoms with Crippen LogP contribution >= 0.6 is 23.5 Å². The van der Waals surface area contributed by atoms with E-state index in [-0.39, 0.29) is 11.4 Å². The van der Waals surface area contributed by atoms with E-state index < -0.39 is 23.4 Å². The van der Waals surface area contributed by atoms with Crippen LogP contribution in [0, 0.1) is 17.5 Å². The summed E-state index contributed by atoms with van der Waals surface area (Å²) in [6.45, 7) is 0.729. The van der Waals surface area contributed by atoms with Crippen LogP contribution in [0.3, 0.4) is 0 Å². The fourth-order valence-electron chi connectivity index (χ4n) is 1.34. The van der Waals surface area contributed by atoms with Crippen LogP contribution in [0.5, 0.6) is 0 Å². The van der Waals surface area contributed by atoms with Gasteiger partial charge < -0.3 is 5.32 Å². The van der Waals surface area contributed by atoms with Crippen LogP contribution in [0.25, 0.3) is 0 Å². The molecule has 1 N–H and O–H groups in total. The van der Waals surface area contributed by atoms with Crippen LogP contribution in [-0.4, -0.2) is 28.3 Å². The van der Waals surface area contributed by atoms with E-state index in [1.54, 1.807) is 11.8 Å². The van der Waals surface area contributed by atoms with Crippen molar-refractivity contribution in [2.24, 2.45) is 4.99 Å². The first-order valence-electron chi connectivity index (χ1n) is 5.31. The highest BCUT2D eigenvalue weighted by molar-refractivity contribution is 8.39. The van der Waals surface area contributed by atoms with Crippen molar-refractivity contribution in [2.75, 3.05) is 23.4 Å². The molecule has 8 heteroatoms. The molecule has 1 aliphatic heterocycles. The quantitative estimate of drug-likeness (QED) is 0.873. The third kappa shape index (κ3) is 3.66. The lowest BCUT2D eigenvalue weighted by Crippen LogP contribution is -2.16. The zero-order chi connectivity index (χ0) is 13.8. The van der Waals surface area contributed by atoms with Gasteiger partial charge in [0.2, 0.25) is 5.91 Å². The Balaban J connectivity index is 1.93. The van der Waals surface area contributed by atoms with Gasteiger partial charge in [-0.25, -0.2) is 13.2 Å². The van der Waals surface area contributed by atoms with E-state index in [0.717, 1.165) is 28.8 Å². The van der Waals surface area contributed by atoms with Gasteiger partial charge in [0, 0.05) is 5.75 Å². The molecule has 0 aromatic heterocycles. The van der Waals surface area contributed by atoms with Crippen molar-refractivity contribution in [2.45, 2.75) is 0 Å². The minimum absolute atomic E-state index is 0.0459. The molecule has 3 nitrogen and oxygen atoms in total. The topological polar surface area (TPSA) is 41.5 Å². The van der Waals surface area contributed by atoms with Gasteiger partial charge in [0.05, 0.1) is 18.0 Å². The first-order chi connectivity index (χ1) is 9.08. The Morgan fingerprint density at radius 1 is 1.37 bits per heavy atom. The monoisotopic (exact) mass is 306 g/mol. The second-order valence-corrected chi connectivity index (χ2v) is 5.86. The van der Waals surface area contributed by atoms with Crippen LogP contribution in [0.2, 0.25) is 0 Å². The molecule has 0 spiro atoms. The molecule has 1 aromatic rings. The van der Waals surface area contributed by atoms with Crippen molar-refractivity contribution in [3.63, 3.8) is 0 Å². The fraction of sp³-hybridized carbons (Fsp3) is 0.273. The number of hydrogen-bond donors (Lipinski definition) is 1. The molecule has 0 fully saturated rings. The molecule has 1 heterocycles. The molecule has 0 saturated heterocycles. The van der Waals surface area contributed by atoms with E-state index in [1.165, 1.54) is 11.8 Å². The Morgan fingerprint density at radius 3 is 2.84 bits per heavy atom. The van der Waals surface area contributed by atoms with E-state index in [0.29, 0.717) is 0 Å². The number of halogens is 3. The second-order valence-electron chi connectivity index (χ2n) is 3.56. The van der Waals surface area contributed by atoms with Crippen LogP contribution in [0.4, 0.5) is 18.9 Å². The molecule has 102 valence electrons. The maximum atomic E-state index is 13.3. The Morgan fingerprint density at radius 2 is 2.16 bits per heavy atom. The highest BCUT2D eigenvalue weighted by Crippen LogP contribution is 2.23. The van der Waals surface area contributed by atoms with Crippen LogP contribution < -0.4 is 5.32 Å². The SMILES string of the molecule is O=C(CSC1=NCCS1)Nc1ccc(F)c(F)c1F. The molecular weight excluding hydrogens is 297 g/mol. The summed E-state index contributed by atoms with van der Waals surface area (Å²) in [5.41, 5.74) is -0.370. The molecule has 1 amide bonds. The maximum Gasteiger partial charge on any atom is 0.234 e. The average Bonchev–Trinajstić information content (AvgIpc) is 2.90. The lowest BCUT2D eigenvalue weighted by Gasteiger charge is -2.07. The van der Waals surface area contributed by atoms with E-state index in [2.05, 4.69) is 10.3 Å². The molecule has 0 saturated carbocycles. The molecule has 0 unspecified atom stereocenters. The predicted octanol–water partition coefficient (Wildman–Crippen LogP) is 2.88. The molecule has 2 rings (SSSR count). The van der Waals surface area contributed by atoms with Gasteiger partial charge in [-0.3, -0.25) is 9.79 Å². The summed E-state index contributed by atoms with van der Waals surface area (Å²) in [6, 6.07) is 1.75. The van der Waals surface area contributed by atoms with Gasteiger partial charge in [0.1, 0.15) is 4.38 Å². The number of benzene rings is 1. The van der Waals surface area contributed by atoms with Crippen LogP contribution in [0.15, 0.2) is 17.1 Å². The summed E-state index contributed by atoms with van der Waals surface area (Å²) in [6.07, 6.45) is 0. The van der Waals surface area contributed by atoms with E-state index in [9.17, 15) is 18.0 Å². The molecule has 0 atom stereocenters. The molecule has 0 radical (unpaired) electrons. The maximum absolute atomic E-state index is 13.3. The average molecular weight is 306 g/mol. The van der Waals surface area contributed by atoms with E-state index >= 15 is 0 Å². The van der Waals surface area contributed by atoms with Crippen molar-refractivity contribution >= 4 is 39.5 Å². The van der Waals surface area contributed by atoms with Gasteiger partial charge >= 0.3 is 0 Å². The zero-order valence-corrected chi connectivity index (χ0v) is 11.2. The third-order valence-electron chi connectivity index (χ3n) is 2.19. The number of carbonyl (C=O) groups excluding carboxylic acids is 1. The zero-order valence-electron chi connectivity index (χ0n) is 9.58. The Kier molecular flexibility index (Phi) is 4.76. The lowest BCUT2D eigenvalue weighted by atomic mass is 10.3. The lowest BCUT2D eigenvalue weighted by molar-refractivity contribution is -0.113. The first kappa shape index (κ1) is 14.3. The standard InChI is InChI=1S/C11H9F3N2OS2/c12-6-1-2-7(10(14)9(6)13)16-8(17)5-19-11-15-3-4-18-11/h1-2H,3-5H2,(H,16,17). The normalized spacial score (nSPS) is 14.4. The molecule has 1 aromatic carbocycles. The number of nitrogens with zero attached hydrogens (tertiary/aromatic N) is 1. The Labute approximate surface area is 116 Å². The minimum Gasteiger partial charge on any atom is -0.323 e. The highest BCUT2D eigenvalue weighted by Gasteiger charge is 2.16. The second kappa shape index (κ2) is 6.33. The molecule has 0 bridgehead atoms. The van der Waals surface area contributed by atoms with Crippen molar-refractivity contribution in [3.8, 4) is 0 Å². The summed E-state index contributed by atoms with van der Waals surface area (Å²) in [7, 11) is 0. The largest absolute Gasteiger partial charge is 0.323 e. The third-order valence-corrected chi connectivity index (χ3v) is 4.45. The summed E-state index contributed by atoms with van der Waals surface area (Å²) < 4.78 is 39.7. The van der Waals surface area contributed by atoms with Gasteiger partial charge in [-0.2, -0.15) is 0 Å². The van der Waals surface area contributed by atoms with Gasteiger partial charge in [-0.05, 0) is 12.1 Å². The number of aliphatic imine (C=N–C) groups is 1. The predicted molar refractivity (Wildman–Crippen MR) is 72.2 cm³/mol. The van der Waals surface area contributed by atoms with Crippen molar-refractivity contribution < 1.29 is 18.0 Å². The number of carbonyl (C=O) groups is 1. The Bertz CT molecular complexity index is 537. The number of hydrogen-bond acceptors (Lipinski definition) is 4. The fourth-order valence-corrected chi connectivity index (χ4v) is 3.15. The number of nitrogens with one attached hydrogen (secondary N) is 1. The number of thioether (sulfide) groups is 2. The molecule has 1 aliphatic rings. The van der Waals surface area contributed by atoms with Crippen LogP contribution in [0.1, 0.15) is 0 Å². The Hall–Kier alpha value is -1.15. The van der Waals surface area contributed by atoms with Crippen molar-refractivity contribution in [3.05, 3.63) is 29.6 Å². The van der Waals surface area contributed by atoms with Gasteiger partial charge in [0.25, 0.3) is 0 Å². The molecular formula is C11H9F3N2OS2. The van der Waals surface area contributed by atoms with E-state index in [1.807, 2.05) is 0 Å². The number of anilines is 1. The molecule has 0 aliphatic carbocycles. The van der Waals surface area contributed by atoms with Gasteiger partial charge in [0.15, 0.2) is 17.5 Å². The van der Waals surface area contributed by atoms with Crippen molar-refractivity contribution in [1.82, 2.24) is 0 Å². The van der Waals surface area contributed by atoms with Crippen LogP contribution in [-0.2, 0) is 4.79 Å². The highest BCUT2D eigenvalue weighted by atomic mass is 32.2. The van der Waals surface area contributed by atoms with E-state index in [4.69, 9.17) is 0 Å². The van der Waals surface area contributed by atoms with Gasteiger partial charge in [-0.1, -0.05) is 23.5 Å². The summed E-state index contributed by atoms with van der Waals surface area (Å²) in [5.74, 6) is -3.84. The minimum atomic E-state index is -1.60. The molecule has 19 heavy (non-hydrogen) atoms.